The maximum atomic E-state index is 5.88. The molecule has 86 valence electrons. The predicted molar refractivity (Wildman–Crippen MR) is 62.6 cm³/mol. The number of nitrogens with two attached hydrogens (primary N) is 1. The molecule has 2 saturated carbocycles. The van der Waals surface area contributed by atoms with Gasteiger partial charge >= 0.3 is 0 Å². The van der Waals surface area contributed by atoms with Crippen molar-refractivity contribution in [2.45, 2.75) is 44.6 Å². The minimum absolute atomic E-state index is 0.809. The van der Waals surface area contributed by atoms with E-state index in [4.69, 9.17) is 5.73 Å². The Morgan fingerprint density at radius 3 is 2.27 bits per heavy atom. The highest BCUT2D eigenvalue weighted by molar-refractivity contribution is 4.95. The molecule has 0 aromatic heterocycles. The first-order valence-electron chi connectivity index (χ1n) is 6.82. The van der Waals surface area contributed by atoms with Crippen LogP contribution >= 0.6 is 0 Å². The van der Waals surface area contributed by atoms with Gasteiger partial charge < -0.3 is 5.73 Å². The third-order valence-corrected chi connectivity index (χ3v) is 5.15. The van der Waals surface area contributed by atoms with Crippen molar-refractivity contribution in [3.05, 3.63) is 0 Å². The monoisotopic (exact) mass is 208 g/mol. The fraction of sp³-hybridized carbons (Fsp3) is 1.00. The molecule has 0 aromatic rings. The molecule has 0 spiro atoms. The highest BCUT2D eigenvalue weighted by Crippen LogP contribution is 2.41. The molecule has 2 heteroatoms. The summed E-state index contributed by atoms with van der Waals surface area (Å²) in [6.07, 6.45) is 8.71. The predicted octanol–water partition coefficient (Wildman–Crippen LogP) is 1.85. The zero-order chi connectivity index (χ0) is 10.3. The standard InChI is InChI=1S/C13H24N2/c14-7-10-3-2-6-13(10)15-8-11-4-1-5-12(11)9-15/h10-13H,1-9,14H2. The lowest BCUT2D eigenvalue weighted by Crippen LogP contribution is -2.39. The second-order valence-corrected chi connectivity index (χ2v) is 5.90. The first kappa shape index (κ1) is 10.1. The summed E-state index contributed by atoms with van der Waals surface area (Å²) in [4.78, 5) is 2.79. The second kappa shape index (κ2) is 4.06. The normalized spacial score (nSPS) is 46.2. The van der Waals surface area contributed by atoms with Gasteiger partial charge in [-0.3, -0.25) is 4.90 Å². The van der Waals surface area contributed by atoms with Gasteiger partial charge in [0.2, 0.25) is 0 Å². The first-order chi connectivity index (χ1) is 7.38. The Balaban J connectivity index is 1.64. The maximum Gasteiger partial charge on any atom is 0.0136 e. The fourth-order valence-corrected chi connectivity index (χ4v) is 4.32. The zero-order valence-electron chi connectivity index (χ0n) is 9.70. The molecule has 2 aliphatic carbocycles. The van der Waals surface area contributed by atoms with E-state index in [1.165, 1.54) is 51.6 Å². The van der Waals surface area contributed by atoms with Crippen LogP contribution in [0.3, 0.4) is 0 Å². The minimum Gasteiger partial charge on any atom is -0.330 e. The lowest BCUT2D eigenvalue weighted by Gasteiger charge is -2.29. The highest BCUT2D eigenvalue weighted by atomic mass is 15.2. The van der Waals surface area contributed by atoms with E-state index in [0.717, 1.165) is 30.3 Å². The Hall–Kier alpha value is -0.0800. The Kier molecular flexibility index (Phi) is 2.73. The van der Waals surface area contributed by atoms with Gasteiger partial charge in [-0.05, 0) is 50.0 Å². The molecule has 1 aliphatic heterocycles. The Bertz CT molecular complexity index is 217. The van der Waals surface area contributed by atoms with E-state index in [-0.39, 0.29) is 0 Å². The van der Waals surface area contributed by atoms with Gasteiger partial charge in [0.25, 0.3) is 0 Å². The third-order valence-electron chi connectivity index (χ3n) is 5.15. The van der Waals surface area contributed by atoms with Crippen molar-refractivity contribution in [2.75, 3.05) is 19.6 Å². The molecule has 0 radical (unpaired) electrons. The quantitative estimate of drug-likeness (QED) is 0.750. The van der Waals surface area contributed by atoms with Gasteiger partial charge in [0, 0.05) is 19.1 Å². The van der Waals surface area contributed by atoms with Gasteiger partial charge in [0.15, 0.2) is 0 Å². The number of likely N-dealkylation sites (tertiary alicyclic amines) is 1. The van der Waals surface area contributed by atoms with E-state index in [1.807, 2.05) is 0 Å². The molecule has 3 aliphatic rings. The van der Waals surface area contributed by atoms with Crippen LogP contribution in [0.15, 0.2) is 0 Å². The molecule has 2 nitrogen and oxygen atoms in total. The number of hydrogen-bond donors (Lipinski definition) is 1. The molecule has 1 saturated heterocycles. The van der Waals surface area contributed by atoms with Crippen molar-refractivity contribution in [3.63, 3.8) is 0 Å². The SMILES string of the molecule is NCC1CCCC1N1CC2CCCC2C1. The van der Waals surface area contributed by atoms with Crippen LogP contribution in [-0.2, 0) is 0 Å². The molecule has 0 aromatic carbocycles. The molecule has 15 heavy (non-hydrogen) atoms. The highest BCUT2D eigenvalue weighted by Gasteiger charge is 2.41. The van der Waals surface area contributed by atoms with Crippen LogP contribution in [0.25, 0.3) is 0 Å². The molecule has 3 rings (SSSR count). The number of nitrogens with zero attached hydrogens (tertiary/aromatic N) is 1. The van der Waals surface area contributed by atoms with Crippen molar-refractivity contribution < 1.29 is 0 Å². The molecule has 2 N–H and O–H groups in total. The summed E-state index contributed by atoms with van der Waals surface area (Å²) in [5.74, 6) is 2.90. The smallest absolute Gasteiger partial charge is 0.0136 e. The first-order valence-corrected chi connectivity index (χ1v) is 6.82. The van der Waals surface area contributed by atoms with Crippen molar-refractivity contribution in [2.24, 2.45) is 23.5 Å². The second-order valence-electron chi connectivity index (χ2n) is 5.90. The van der Waals surface area contributed by atoms with Crippen LogP contribution in [0.5, 0.6) is 0 Å². The Labute approximate surface area is 93.2 Å². The van der Waals surface area contributed by atoms with Crippen LogP contribution in [0.1, 0.15) is 38.5 Å². The van der Waals surface area contributed by atoms with Crippen LogP contribution in [-0.4, -0.2) is 30.6 Å². The summed E-state index contributed by atoms with van der Waals surface area (Å²) >= 11 is 0. The third kappa shape index (κ3) is 1.72. The lowest BCUT2D eigenvalue weighted by molar-refractivity contribution is 0.186. The van der Waals surface area contributed by atoms with Crippen molar-refractivity contribution in [1.29, 1.82) is 0 Å². The molecule has 4 unspecified atom stereocenters. The summed E-state index contributed by atoms with van der Waals surface area (Å²) in [6, 6.07) is 0.848. The number of hydrogen-bond acceptors (Lipinski definition) is 2. The summed E-state index contributed by atoms with van der Waals surface area (Å²) in [7, 11) is 0. The summed E-state index contributed by atoms with van der Waals surface area (Å²) in [5, 5.41) is 0. The summed E-state index contributed by atoms with van der Waals surface area (Å²) in [5.41, 5.74) is 5.88. The minimum atomic E-state index is 0.809. The van der Waals surface area contributed by atoms with Gasteiger partial charge in [0.05, 0.1) is 0 Å². The van der Waals surface area contributed by atoms with Gasteiger partial charge in [0.1, 0.15) is 0 Å². The Morgan fingerprint density at radius 2 is 1.60 bits per heavy atom. The average molecular weight is 208 g/mol. The van der Waals surface area contributed by atoms with Gasteiger partial charge in [-0.15, -0.1) is 0 Å². The molecule has 0 bridgehead atoms. The largest absolute Gasteiger partial charge is 0.330 e. The topological polar surface area (TPSA) is 29.3 Å². The molecule has 0 amide bonds. The van der Waals surface area contributed by atoms with E-state index in [1.54, 1.807) is 0 Å². The van der Waals surface area contributed by atoms with E-state index in [9.17, 15) is 0 Å². The van der Waals surface area contributed by atoms with Crippen LogP contribution in [0.2, 0.25) is 0 Å². The fourth-order valence-electron chi connectivity index (χ4n) is 4.32. The van der Waals surface area contributed by atoms with Crippen molar-refractivity contribution >= 4 is 0 Å². The van der Waals surface area contributed by atoms with Gasteiger partial charge in [-0.25, -0.2) is 0 Å². The van der Waals surface area contributed by atoms with Crippen LogP contribution in [0.4, 0.5) is 0 Å². The molecule has 1 heterocycles. The van der Waals surface area contributed by atoms with Crippen molar-refractivity contribution in [3.8, 4) is 0 Å². The zero-order valence-corrected chi connectivity index (χ0v) is 9.70. The van der Waals surface area contributed by atoms with E-state index in [0.29, 0.717) is 0 Å². The number of fused-ring (bicyclic) bond motifs is 1. The van der Waals surface area contributed by atoms with Crippen LogP contribution in [0, 0.1) is 17.8 Å². The van der Waals surface area contributed by atoms with E-state index < -0.39 is 0 Å². The average Bonchev–Trinajstić information content (AvgIpc) is 2.91. The van der Waals surface area contributed by atoms with E-state index in [2.05, 4.69) is 4.90 Å². The summed E-state index contributed by atoms with van der Waals surface area (Å²) in [6.45, 7) is 3.70. The Morgan fingerprint density at radius 1 is 0.933 bits per heavy atom. The van der Waals surface area contributed by atoms with E-state index >= 15 is 0 Å². The number of rotatable bonds is 2. The van der Waals surface area contributed by atoms with Crippen LogP contribution < -0.4 is 5.73 Å². The van der Waals surface area contributed by atoms with Crippen molar-refractivity contribution in [1.82, 2.24) is 4.90 Å². The van der Waals surface area contributed by atoms with Gasteiger partial charge in [-0.1, -0.05) is 12.8 Å². The van der Waals surface area contributed by atoms with Gasteiger partial charge in [-0.2, -0.15) is 0 Å². The summed E-state index contributed by atoms with van der Waals surface area (Å²) < 4.78 is 0. The molecular weight excluding hydrogens is 184 g/mol. The molecule has 4 atom stereocenters. The molecule has 3 fully saturated rings. The lowest BCUT2D eigenvalue weighted by atomic mass is 10.0. The maximum absolute atomic E-state index is 5.88. The molecular formula is C13H24N2.